The zero-order valence-electron chi connectivity index (χ0n) is 6.75. The molecule has 0 spiro atoms. The molecule has 0 N–H and O–H groups in total. The van der Waals surface area contributed by atoms with Gasteiger partial charge in [0.1, 0.15) is 0 Å². The smallest absolute Gasteiger partial charge is 0.231 e. The van der Waals surface area contributed by atoms with Crippen LogP contribution in [0.4, 0.5) is 0 Å². The molecule has 13 heavy (non-hydrogen) atoms. The number of rotatable bonds is 2. The van der Waals surface area contributed by atoms with Gasteiger partial charge in [-0.15, -0.1) is 0 Å². The molecule has 0 saturated carbocycles. The first-order valence-corrected chi connectivity index (χ1v) is 4.93. The van der Waals surface area contributed by atoms with Crippen molar-refractivity contribution in [3.05, 3.63) is 23.8 Å². The largest absolute Gasteiger partial charge is 0.454 e. The van der Waals surface area contributed by atoms with E-state index in [0.29, 0.717) is 22.4 Å². The molecule has 0 aromatic heterocycles. The Morgan fingerprint density at radius 2 is 2.31 bits per heavy atom. The van der Waals surface area contributed by atoms with Crippen molar-refractivity contribution in [3.63, 3.8) is 0 Å². The normalized spacial score (nSPS) is 13.0. The number of hydrogen-bond acceptors (Lipinski definition) is 3. The number of alkyl halides is 1. The van der Waals surface area contributed by atoms with Crippen LogP contribution in [0.2, 0.25) is 0 Å². The Bertz CT molecular complexity index is 349. The number of ketones is 1. The maximum absolute atomic E-state index is 11.4. The summed E-state index contributed by atoms with van der Waals surface area (Å²) in [7, 11) is 0. The number of fused-ring (bicyclic) bond motifs is 1. The Balaban J connectivity index is 2.47. The molecule has 0 bridgehead atoms. The average molecular weight is 243 g/mol. The molecule has 3 nitrogen and oxygen atoms in total. The van der Waals surface area contributed by atoms with Gasteiger partial charge in [-0.2, -0.15) is 0 Å². The molecule has 2 rings (SSSR count). The first-order chi connectivity index (χ1) is 6.33. The SMILES string of the molecule is O=C(CBr)c1cccc2c1OCO2. The van der Waals surface area contributed by atoms with E-state index >= 15 is 0 Å². The highest BCUT2D eigenvalue weighted by Gasteiger charge is 2.20. The van der Waals surface area contributed by atoms with Gasteiger partial charge in [-0.1, -0.05) is 22.0 Å². The second-order valence-electron chi connectivity index (χ2n) is 2.60. The van der Waals surface area contributed by atoms with Crippen LogP contribution < -0.4 is 9.47 Å². The van der Waals surface area contributed by atoms with Crippen LogP contribution in [0.15, 0.2) is 18.2 Å². The summed E-state index contributed by atoms with van der Waals surface area (Å²) in [5, 5.41) is 0.298. The fraction of sp³-hybridized carbons (Fsp3) is 0.222. The fourth-order valence-electron chi connectivity index (χ4n) is 1.22. The van der Waals surface area contributed by atoms with Crippen molar-refractivity contribution in [1.82, 2.24) is 0 Å². The van der Waals surface area contributed by atoms with E-state index in [2.05, 4.69) is 15.9 Å². The molecule has 1 aromatic carbocycles. The van der Waals surface area contributed by atoms with Gasteiger partial charge < -0.3 is 9.47 Å². The molecule has 68 valence electrons. The van der Waals surface area contributed by atoms with Crippen molar-refractivity contribution in [2.75, 3.05) is 12.1 Å². The van der Waals surface area contributed by atoms with Gasteiger partial charge in [0.15, 0.2) is 17.3 Å². The van der Waals surface area contributed by atoms with Crippen LogP contribution in [0.1, 0.15) is 10.4 Å². The predicted octanol–water partition coefficient (Wildman–Crippen LogP) is 1.99. The number of ether oxygens (including phenoxy) is 2. The zero-order chi connectivity index (χ0) is 9.26. The third kappa shape index (κ3) is 1.42. The Morgan fingerprint density at radius 3 is 3.08 bits per heavy atom. The lowest BCUT2D eigenvalue weighted by atomic mass is 10.1. The Kier molecular flexibility index (Phi) is 2.22. The second kappa shape index (κ2) is 3.38. The summed E-state index contributed by atoms with van der Waals surface area (Å²) in [6.45, 7) is 0.196. The lowest BCUT2D eigenvalue weighted by Crippen LogP contribution is -2.01. The highest BCUT2D eigenvalue weighted by atomic mass is 79.9. The van der Waals surface area contributed by atoms with Gasteiger partial charge in [0, 0.05) is 0 Å². The summed E-state index contributed by atoms with van der Waals surface area (Å²) in [6.07, 6.45) is 0. The topological polar surface area (TPSA) is 35.5 Å². The number of halogens is 1. The lowest BCUT2D eigenvalue weighted by Gasteiger charge is -2.01. The lowest BCUT2D eigenvalue weighted by molar-refractivity contribution is 0.101. The summed E-state index contributed by atoms with van der Waals surface area (Å²) in [4.78, 5) is 11.4. The molecule has 0 saturated heterocycles. The minimum atomic E-state index is 0.00218. The fourth-order valence-corrected chi connectivity index (χ4v) is 1.52. The zero-order valence-corrected chi connectivity index (χ0v) is 8.33. The second-order valence-corrected chi connectivity index (χ2v) is 3.16. The molecule has 0 radical (unpaired) electrons. The van der Waals surface area contributed by atoms with Gasteiger partial charge >= 0.3 is 0 Å². The van der Waals surface area contributed by atoms with E-state index in [9.17, 15) is 4.79 Å². The quantitative estimate of drug-likeness (QED) is 0.588. The van der Waals surface area contributed by atoms with E-state index in [1.807, 2.05) is 0 Å². The van der Waals surface area contributed by atoms with Gasteiger partial charge in [0.2, 0.25) is 6.79 Å². The van der Waals surface area contributed by atoms with Gasteiger partial charge in [0.25, 0.3) is 0 Å². The molecule has 1 aromatic rings. The van der Waals surface area contributed by atoms with Gasteiger partial charge in [0.05, 0.1) is 10.9 Å². The van der Waals surface area contributed by atoms with Crippen LogP contribution in [0.3, 0.4) is 0 Å². The van der Waals surface area contributed by atoms with Gasteiger partial charge in [-0.25, -0.2) is 0 Å². The third-order valence-electron chi connectivity index (χ3n) is 1.82. The average Bonchev–Trinajstić information content (AvgIpc) is 2.63. The first-order valence-electron chi connectivity index (χ1n) is 3.80. The number of benzene rings is 1. The van der Waals surface area contributed by atoms with E-state index < -0.39 is 0 Å². The highest BCUT2D eigenvalue weighted by molar-refractivity contribution is 9.09. The van der Waals surface area contributed by atoms with Gasteiger partial charge in [-0.3, -0.25) is 4.79 Å². The van der Waals surface area contributed by atoms with Crippen molar-refractivity contribution in [2.24, 2.45) is 0 Å². The maximum Gasteiger partial charge on any atom is 0.231 e. The van der Waals surface area contributed by atoms with Crippen LogP contribution in [0.25, 0.3) is 0 Å². The number of hydrogen-bond donors (Lipinski definition) is 0. The van der Waals surface area contributed by atoms with E-state index in [0.717, 1.165) is 0 Å². The van der Waals surface area contributed by atoms with E-state index in [4.69, 9.17) is 9.47 Å². The molecular formula is C9H7BrO3. The van der Waals surface area contributed by atoms with Crippen molar-refractivity contribution in [1.29, 1.82) is 0 Å². The molecule has 0 unspecified atom stereocenters. The molecule has 0 fully saturated rings. The van der Waals surface area contributed by atoms with Crippen molar-refractivity contribution in [2.45, 2.75) is 0 Å². The maximum atomic E-state index is 11.4. The number of carbonyl (C=O) groups excluding carboxylic acids is 1. The van der Waals surface area contributed by atoms with Crippen LogP contribution >= 0.6 is 15.9 Å². The van der Waals surface area contributed by atoms with Crippen LogP contribution in [-0.4, -0.2) is 17.9 Å². The minimum absolute atomic E-state index is 0.00218. The summed E-state index contributed by atoms with van der Waals surface area (Å²) < 4.78 is 10.3. The van der Waals surface area contributed by atoms with Crippen molar-refractivity contribution < 1.29 is 14.3 Å². The molecular weight excluding hydrogens is 236 g/mol. The van der Waals surface area contributed by atoms with E-state index in [1.165, 1.54) is 0 Å². The molecule has 4 heteroatoms. The highest BCUT2D eigenvalue weighted by Crippen LogP contribution is 2.35. The Labute approximate surface area is 83.8 Å². The summed E-state index contributed by atoms with van der Waals surface area (Å²) in [6, 6.07) is 5.30. The van der Waals surface area contributed by atoms with Gasteiger partial charge in [-0.05, 0) is 12.1 Å². The summed E-state index contributed by atoms with van der Waals surface area (Å²) in [5.74, 6) is 1.21. The monoisotopic (exact) mass is 242 g/mol. The molecule has 0 atom stereocenters. The Hall–Kier alpha value is -1.03. The van der Waals surface area contributed by atoms with Crippen molar-refractivity contribution in [3.8, 4) is 11.5 Å². The van der Waals surface area contributed by atoms with Crippen LogP contribution in [-0.2, 0) is 0 Å². The Morgan fingerprint density at radius 1 is 1.46 bits per heavy atom. The molecule has 0 amide bonds. The molecule has 0 aliphatic carbocycles. The molecule has 1 heterocycles. The van der Waals surface area contributed by atoms with E-state index in [-0.39, 0.29) is 12.6 Å². The minimum Gasteiger partial charge on any atom is -0.454 e. The number of para-hydroxylation sites is 1. The van der Waals surface area contributed by atoms with Crippen molar-refractivity contribution >= 4 is 21.7 Å². The first kappa shape index (κ1) is 8.56. The summed E-state index contributed by atoms with van der Waals surface area (Å²) in [5.41, 5.74) is 0.576. The standard InChI is InChI=1S/C9H7BrO3/c10-4-7(11)6-2-1-3-8-9(6)13-5-12-8/h1-3H,4-5H2. The number of Topliss-reactive ketones (excluding diaryl/α,β-unsaturated/α-hetero) is 1. The van der Waals surface area contributed by atoms with Crippen LogP contribution in [0.5, 0.6) is 11.5 Å². The third-order valence-corrected chi connectivity index (χ3v) is 2.33. The predicted molar refractivity (Wildman–Crippen MR) is 50.7 cm³/mol. The van der Waals surface area contributed by atoms with Crippen LogP contribution in [0, 0.1) is 0 Å². The molecule has 1 aliphatic rings. The molecule has 1 aliphatic heterocycles. The van der Waals surface area contributed by atoms with E-state index in [1.54, 1.807) is 18.2 Å². The summed E-state index contributed by atoms with van der Waals surface area (Å²) >= 11 is 3.11. The number of carbonyl (C=O) groups is 1.